The molecule has 0 aromatic heterocycles. The normalized spacial score (nSPS) is 21.9. The number of amides is 1. The number of hydrogen-bond acceptors (Lipinski definition) is 2. The average molecular weight is 274 g/mol. The highest BCUT2D eigenvalue weighted by atomic mass is 16.1. The number of hydrogen-bond donors (Lipinski definition) is 2. The van der Waals surface area contributed by atoms with E-state index in [1.807, 2.05) is 24.3 Å². The minimum atomic E-state index is -0.0318. The molecular formula is C17H26N2O. The van der Waals surface area contributed by atoms with Crippen LogP contribution < -0.4 is 10.6 Å². The second kappa shape index (κ2) is 6.29. The number of carbonyl (C=O) groups excluding carboxylic acids is 1. The number of anilines is 1. The van der Waals surface area contributed by atoms with Gasteiger partial charge >= 0.3 is 0 Å². The van der Waals surface area contributed by atoms with Crippen molar-refractivity contribution in [3.05, 3.63) is 29.8 Å². The molecule has 1 fully saturated rings. The highest BCUT2D eigenvalue weighted by Gasteiger charge is 2.24. The SMILES string of the molecule is CNC(=O)c1cccc(NC2CCCC(C)(C)CC2)c1. The van der Waals surface area contributed by atoms with Crippen molar-refractivity contribution in [2.75, 3.05) is 12.4 Å². The molecule has 0 radical (unpaired) electrons. The average Bonchev–Trinajstić information content (AvgIpc) is 2.60. The Morgan fingerprint density at radius 3 is 2.80 bits per heavy atom. The second-order valence-corrected chi connectivity index (χ2v) is 6.60. The standard InChI is InChI=1S/C17H26N2O/c1-17(2)10-5-8-14(9-11-17)19-15-7-4-6-13(12-15)16(20)18-3/h4,6-7,12,14,19H,5,8-11H2,1-3H3,(H,18,20). The van der Waals surface area contributed by atoms with Gasteiger partial charge in [0.1, 0.15) is 0 Å². The van der Waals surface area contributed by atoms with Crippen molar-refractivity contribution in [3.63, 3.8) is 0 Å². The largest absolute Gasteiger partial charge is 0.382 e. The van der Waals surface area contributed by atoms with E-state index in [1.54, 1.807) is 7.05 Å². The lowest BCUT2D eigenvalue weighted by Crippen LogP contribution is -2.21. The molecule has 3 nitrogen and oxygen atoms in total. The zero-order chi connectivity index (χ0) is 14.6. The summed E-state index contributed by atoms with van der Waals surface area (Å²) in [5, 5.41) is 6.26. The van der Waals surface area contributed by atoms with E-state index < -0.39 is 0 Å². The molecule has 1 saturated carbocycles. The van der Waals surface area contributed by atoms with E-state index >= 15 is 0 Å². The van der Waals surface area contributed by atoms with Crippen LogP contribution in [0.5, 0.6) is 0 Å². The lowest BCUT2D eigenvalue weighted by molar-refractivity contribution is 0.0963. The highest BCUT2D eigenvalue weighted by Crippen LogP contribution is 2.34. The van der Waals surface area contributed by atoms with Gasteiger partial charge in [0, 0.05) is 24.3 Å². The molecule has 0 aliphatic heterocycles. The molecule has 1 atom stereocenters. The van der Waals surface area contributed by atoms with Gasteiger partial charge in [0.2, 0.25) is 0 Å². The first kappa shape index (κ1) is 14.9. The van der Waals surface area contributed by atoms with Crippen LogP contribution in [-0.4, -0.2) is 19.0 Å². The summed E-state index contributed by atoms with van der Waals surface area (Å²) in [7, 11) is 1.66. The minimum Gasteiger partial charge on any atom is -0.382 e. The molecule has 3 heteroatoms. The van der Waals surface area contributed by atoms with E-state index in [-0.39, 0.29) is 5.91 Å². The van der Waals surface area contributed by atoms with E-state index in [9.17, 15) is 4.79 Å². The fourth-order valence-electron chi connectivity index (χ4n) is 2.94. The minimum absolute atomic E-state index is 0.0318. The quantitative estimate of drug-likeness (QED) is 0.823. The van der Waals surface area contributed by atoms with Crippen molar-refractivity contribution < 1.29 is 4.79 Å². The Bertz CT molecular complexity index is 468. The summed E-state index contributed by atoms with van der Waals surface area (Å²) in [5.74, 6) is -0.0318. The monoisotopic (exact) mass is 274 g/mol. The number of benzene rings is 1. The van der Waals surface area contributed by atoms with E-state index in [4.69, 9.17) is 0 Å². The molecule has 0 bridgehead atoms. The fraction of sp³-hybridized carbons (Fsp3) is 0.588. The summed E-state index contributed by atoms with van der Waals surface area (Å²) in [4.78, 5) is 11.7. The van der Waals surface area contributed by atoms with Crippen LogP contribution in [-0.2, 0) is 0 Å². The molecule has 1 aliphatic rings. The number of carbonyl (C=O) groups is 1. The van der Waals surface area contributed by atoms with Gasteiger partial charge in [-0.15, -0.1) is 0 Å². The van der Waals surface area contributed by atoms with Crippen LogP contribution >= 0.6 is 0 Å². The van der Waals surface area contributed by atoms with Gasteiger partial charge in [-0.05, 0) is 49.3 Å². The van der Waals surface area contributed by atoms with Gasteiger partial charge in [-0.25, -0.2) is 0 Å². The molecule has 1 unspecified atom stereocenters. The van der Waals surface area contributed by atoms with Crippen LogP contribution in [0.2, 0.25) is 0 Å². The van der Waals surface area contributed by atoms with Gasteiger partial charge in [-0.3, -0.25) is 4.79 Å². The third kappa shape index (κ3) is 3.99. The third-order valence-electron chi connectivity index (χ3n) is 4.30. The summed E-state index contributed by atoms with van der Waals surface area (Å²) in [6, 6.07) is 8.29. The van der Waals surface area contributed by atoms with Crippen LogP contribution in [0.3, 0.4) is 0 Å². The first-order valence-electron chi connectivity index (χ1n) is 7.59. The molecular weight excluding hydrogens is 248 g/mol. The topological polar surface area (TPSA) is 41.1 Å². The van der Waals surface area contributed by atoms with E-state index in [1.165, 1.54) is 32.1 Å². The van der Waals surface area contributed by atoms with E-state index in [2.05, 4.69) is 24.5 Å². The summed E-state index contributed by atoms with van der Waals surface area (Å²) in [6.07, 6.45) is 6.27. The Hall–Kier alpha value is -1.51. The molecule has 1 amide bonds. The molecule has 20 heavy (non-hydrogen) atoms. The van der Waals surface area contributed by atoms with Crippen LogP contribution in [0, 0.1) is 5.41 Å². The van der Waals surface area contributed by atoms with Crippen LogP contribution in [0.25, 0.3) is 0 Å². The molecule has 0 spiro atoms. The Labute approximate surface area is 122 Å². The van der Waals surface area contributed by atoms with Crippen LogP contribution in [0.4, 0.5) is 5.69 Å². The third-order valence-corrected chi connectivity index (χ3v) is 4.30. The van der Waals surface area contributed by atoms with Crippen molar-refractivity contribution in [1.29, 1.82) is 0 Å². The lowest BCUT2D eigenvalue weighted by Gasteiger charge is -2.22. The van der Waals surface area contributed by atoms with Gasteiger partial charge < -0.3 is 10.6 Å². The molecule has 1 aromatic carbocycles. The zero-order valence-electron chi connectivity index (χ0n) is 12.8. The van der Waals surface area contributed by atoms with Gasteiger partial charge in [0.05, 0.1) is 0 Å². The number of nitrogens with one attached hydrogen (secondary N) is 2. The van der Waals surface area contributed by atoms with Crippen molar-refractivity contribution in [3.8, 4) is 0 Å². The smallest absolute Gasteiger partial charge is 0.251 e. The Balaban J connectivity index is 2.01. The Morgan fingerprint density at radius 1 is 1.25 bits per heavy atom. The van der Waals surface area contributed by atoms with Crippen molar-refractivity contribution in [1.82, 2.24) is 5.32 Å². The lowest BCUT2D eigenvalue weighted by atomic mass is 9.85. The van der Waals surface area contributed by atoms with E-state index in [0.717, 1.165) is 5.69 Å². The molecule has 1 aromatic rings. The first-order chi connectivity index (χ1) is 9.50. The predicted molar refractivity (Wildman–Crippen MR) is 84.1 cm³/mol. The van der Waals surface area contributed by atoms with Crippen LogP contribution in [0.1, 0.15) is 56.3 Å². The molecule has 110 valence electrons. The number of rotatable bonds is 3. The molecule has 0 saturated heterocycles. The van der Waals surface area contributed by atoms with E-state index in [0.29, 0.717) is 17.0 Å². The van der Waals surface area contributed by atoms with Crippen molar-refractivity contribution in [2.24, 2.45) is 5.41 Å². The zero-order valence-corrected chi connectivity index (χ0v) is 12.8. The van der Waals surface area contributed by atoms with Gasteiger partial charge in [-0.1, -0.05) is 26.3 Å². The molecule has 2 rings (SSSR count). The van der Waals surface area contributed by atoms with Crippen molar-refractivity contribution in [2.45, 2.75) is 52.0 Å². The second-order valence-electron chi connectivity index (χ2n) is 6.60. The Morgan fingerprint density at radius 2 is 2.05 bits per heavy atom. The fourth-order valence-corrected chi connectivity index (χ4v) is 2.94. The molecule has 1 aliphatic carbocycles. The van der Waals surface area contributed by atoms with Crippen molar-refractivity contribution >= 4 is 11.6 Å². The predicted octanol–water partition coefficient (Wildman–Crippen LogP) is 3.82. The maximum atomic E-state index is 11.7. The summed E-state index contributed by atoms with van der Waals surface area (Å²) >= 11 is 0. The summed E-state index contributed by atoms with van der Waals surface area (Å²) < 4.78 is 0. The highest BCUT2D eigenvalue weighted by molar-refractivity contribution is 5.94. The van der Waals surface area contributed by atoms with Gasteiger partial charge in [0.15, 0.2) is 0 Å². The maximum absolute atomic E-state index is 11.7. The molecule has 2 N–H and O–H groups in total. The summed E-state index contributed by atoms with van der Waals surface area (Å²) in [6.45, 7) is 4.73. The molecule has 0 heterocycles. The first-order valence-corrected chi connectivity index (χ1v) is 7.59. The summed E-state index contributed by atoms with van der Waals surface area (Å²) in [5.41, 5.74) is 2.24. The maximum Gasteiger partial charge on any atom is 0.251 e. The van der Waals surface area contributed by atoms with Crippen LogP contribution in [0.15, 0.2) is 24.3 Å². The van der Waals surface area contributed by atoms with Gasteiger partial charge in [-0.2, -0.15) is 0 Å². The van der Waals surface area contributed by atoms with Gasteiger partial charge in [0.25, 0.3) is 5.91 Å². The Kier molecular flexibility index (Phi) is 4.69.